The first-order valence-corrected chi connectivity index (χ1v) is 7.53. The van der Waals surface area contributed by atoms with Gasteiger partial charge in [0, 0.05) is 19.7 Å². The molecule has 0 amide bonds. The molecule has 0 spiro atoms. The van der Waals surface area contributed by atoms with E-state index in [0.29, 0.717) is 24.8 Å². The summed E-state index contributed by atoms with van der Waals surface area (Å²) in [5.74, 6) is 2.10. The van der Waals surface area contributed by atoms with Gasteiger partial charge in [0.15, 0.2) is 11.5 Å². The van der Waals surface area contributed by atoms with Gasteiger partial charge < -0.3 is 24.6 Å². The van der Waals surface area contributed by atoms with Crippen LogP contribution in [0.3, 0.4) is 0 Å². The third-order valence-electron chi connectivity index (χ3n) is 3.38. The molecular formula is C16H25NO4. The minimum absolute atomic E-state index is 0.251. The van der Waals surface area contributed by atoms with Crippen LogP contribution in [0.4, 0.5) is 0 Å². The van der Waals surface area contributed by atoms with Crippen LogP contribution in [0.15, 0.2) is 18.2 Å². The van der Waals surface area contributed by atoms with E-state index in [2.05, 4.69) is 19.2 Å². The third kappa shape index (κ3) is 5.19. The van der Waals surface area contributed by atoms with Gasteiger partial charge in [-0.15, -0.1) is 0 Å². The molecule has 1 aliphatic heterocycles. The van der Waals surface area contributed by atoms with E-state index in [-0.39, 0.29) is 6.79 Å². The number of fused-ring (bicyclic) bond motifs is 1. The monoisotopic (exact) mass is 295 g/mol. The summed E-state index contributed by atoms with van der Waals surface area (Å²) in [5.41, 5.74) is 0.826. The van der Waals surface area contributed by atoms with E-state index in [1.54, 1.807) is 0 Å². The van der Waals surface area contributed by atoms with Crippen LogP contribution < -0.4 is 14.8 Å². The lowest BCUT2D eigenvalue weighted by Gasteiger charge is -2.13. The van der Waals surface area contributed by atoms with Crippen LogP contribution in [-0.2, 0) is 4.74 Å². The average molecular weight is 295 g/mol. The van der Waals surface area contributed by atoms with E-state index < -0.39 is 6.10 Å². The van der Waals surface area contributed by atoms with E-state index in [9.17, 15) is 5.11 Å². The molecule has 0 bridgehead atoms. The van der Waals surface area contributed by atoms with Crippen molar-refractivity contribution >= 4 is 0 Å². The summed E-state index contributed by atoms with van der Waals surface area (Å²) >= 11 is 0. The Labute approximate surface area is 126 Å². The first-order valence-electron chi connectivity index (χ1n) is 7.53. The summed E-state index contributed by atoms with van der Waals surface area (Å²) in [6.45, 7) is 7.31. The van der Waals surface area contributed by atoms with Crippen molar-refractivity contribution in [1.82, 2.24) is 5.32 Å². The van der Waals surface area contributed by atoms with Gasteiger partial charge in [-0.25, -0.2) is 0 Å². The van der Waals surface area contributed by atoms with Gasteiger partial charge in [0.2, 0.25) is 6.79 Å². The topological polar surface area (TPSA) is 60.0 Å². The predicted molar refractivity (Wildman–Crippen MR) is 80.7 cm³/mol. The van der Waals surface area contributed by atoms with E-state index >= 15 is 0 Å². The number of aliphatic hydroxyl groups excluding tert-OH is 1. The van der Waals surface area contributed by atoms with Crippen molar-refractivity contribution < 1.29 is 19.3 Å². The number of ether oxygens (including phenoxy) is 3. The van der Waals surface area contributed by atoms with Gasteiger partial charge >= 0.3 is 0 Å². The van der Waals surface area contributed by atoms with Crippen LogP contribution in [0.1, 0.15) is 31.9 Å². The molecule has 21 heavy (non-hydrogen) atoms. The minimum Gasteiger partial charge on any atom is -0.454 e. The maximum atomic E-state index is 10.1. The highest BCUT2D eigenvalue weighted by molar-refractivity contribution is 5.45. The number of hydrogen-bond acceptors (Lipinski definition) is 5. The van der Waals surface area contributed by atoms with Gasteiger partial charge in [-0.3, -0.25) is 0 Å². The van der Waals surface area contributed by atoms with Crippen molar-refractivity contribution in [2.75, 3.05) is 33.1 Å². The first-order chi connectivity index (χ1) is 10.2. The van der Waals surface area contributed by atoms with Crippen LogP contribution in [0.5, 0.6) is 11.5 Å². The number of aliphatic hydroxyl groups is 1. The maximum absolute atomic E-state index is 10.1. The summed E-state index contributed by atoms with van der Waals surface area (Å²) in [4.78, 5) is 0. The van der Waals surface area contributed by atoms with Crippen molar-refractivity contribution in [3.8, 4) is 11.5 Å². The van der Waals surface area contributed by atoms with Crippen molar-refractivity contribution in [3.63, 3.8) is 0 Å². The fourth-order valence-corrected chi connectivity index (χ4v) is 2.04. The Morgan fingerprint density at radius 2 is 2.05 bits per heavy atom. The highest BCUT2D eigenvalue weighted by Gasteiger charge is 2.16. The third-order valence-corrected chi connectivity index (χ3v) is 3.38. The van der Waals surface area contributed by atoms with Crippen LogP contribution in [0.2, 0.25) is 0 Å². The second kappa shape index (κ2) is 8.22. The number of nitrogens with one attached hydrogen (secondary N) is 1. The Hall–Kier alpha value is -1.30. The van der Waals surface area contributed by atoms with Crippen molar-refractivity contribution in [1.29, 1.82) is 0 Å². The minimum atomic E-state index is -0.560. The predicted octanol–water partition coefficient (Wildman–Crippen LogP) is 2.10. The number of rotatable bonds is 9. The number of benzene rings is 1. The molecule has 1 unspecified atom stereocenters. The molecule has 2 N–H and O–H groups in total. The Morgan fingerprint density at radius 1 is 1.24 bits per heavy atom. The average Bonchev–Trinajstić information content (AvgIpc) is 2.93. The second-order valence-electron chi connectivity index (χ2n) is 5.63. The van der Waals surface area contributed by atoms with Crippen molar-refractivity contribution in [2.45, 2.75) is 26.4 Å². The molecule has 1 aromatic rings. The van der Waals surface area contributed by atoms with E-state index in [0.717, 1.165) is 30.9 Å². The molecule has 0 aromatic heterocycles. The lowest BCUT2D eigenvalue weighted by atomic mass is 10.1. The molecule has 0 fully saturated rings. The normalized spacial score (nSPS) is 14.7. The van der Waals surface area contributed by atoms with Crippen molar-refractivity contribution in [3.05, 3.63) is 23.8 Å². The van der Waals surface area contributed by atoms with E-state index in [4.69, 9.17) is 14.2 Å². The molecule has 0 radical (unpaired) electrons. The summed E-state index contributed by atoms with van der Waals surface area (Å²) in [5, 5.41) is 13.3. The van der Waals surface area contributed by atoms with Gasteiger partial charge in [0.05, 0.1) is 12.7 Å². The van der Waals surface area contributed by atoms with Gasteiger partial charge in [-0.1, -0.05) is 19.9 Å². The van der Waals surface area contributed by atoms with Crippen molar-refractivity contribution in [2.24, 2.45) is 5.92 Å². The summed E-state index contributed by atoms with van der Waals surface area (Å²) in [7, 11) is 0. The quantitative estimate of drug-likeness (QED) is 0.683. The van der Waals surface area contributed by atoms with Gasteiger partial charge in [-0.2, -0.15) is 0 Å². The Kier molecular flexibility index (Phi) is 6.29. The van der Waals surface area contributed by atoms with Crippen LogP contribution in [0, 0.1) is 5.92 Å². The molecule has 0 aliphatic carbocycles. The van der Waals surface area contributed by atoms with Gasteiger partial charge in [0.25, 0.3) is 0 Å². The fraction of sp³-hybridized carbons (Fsp3) is 0.625. The molecule has 0 saturated carbocycles. The smallest absolute Gasteiger partial charge is 0.231 e. The number of hydrogen-bond donors (Lipinski definition) is 2. The molecule has 5 nitrogen and oxygen atoms in total. The molecule has 0 saturated heterocycles. The van der Waals surface area contributed by atoms with E-state index in [1.165, 1.54) is 0 Å². The zero-order valence-electron chi connectivity index (χ0n) is 12.8. The van der Waals surface area contributed by atoms with Crippen LogP contribution in [-0.4, -0.2) is 38.2 Å². The summed E-state index contributed by atoms with van der Waals surface area (Å²) in [6.07, 6.45) is 0.523. The van der Waals surface area contributed by atoms with Gasteiger partial charge in [0.1, 0.15) is 0 Å². The lowest BCUT2D eigenvalue weighted by Crippen LogP contribution is -2.25. The zero-order valence-corrected chi connectivity index (χ0v) is 12.8. The lowest BCUT2D eigenvalue weighted by molar-refractivity contribution is 0.119. The molecule has 5 heteroatoms. The highest BCUT2D eigenvalue weighted by atomic mass is 16.7. The molecule has 2 rings (SSSR count). The zero-order chi connectivity index (χ0) is 15.1. The molecule has 118 valence electrons. The fourth-order valence-electron chi connectivity index (χ4n) is 2.04. The SMILES string of the molecule is CC(C)CCOCCNCC(O)c1ccc2c(c1)OCO2. The molecular weight excluding hydrogens is 270 g/mol. The highest BCUT2D eigenvalue weighted by Crippen LogP contribution is 2.33. The van der Waals surface area contributed by atoms with Crippen LogP contribution in [0.25, 0.3) is 0 Å². The maximum Gasteiger partial charge on any atom is 0.231 e. The summed E-state index contributed by atoms with van der Waals surface area (Å²) in [6, 6.07) is 5.52. The molecule has 1 aromatic carbocycles. The molecule has 1 atom stereocenters. The second-order valence-corrected chi connectivity index (χ2v) is 5.63. The largest absolute Gasteiger partial charge is 0.454 e. The standard InChI is InChI=1S/C16H25NO4/c1-12(2)5-7-19-8-6-17-10-14(18)13-3-4-15-16(9-13)21-11-20-15/h3-4,9,12,14,17-18H,5-8,10-11H2,1-2H3. The van der Waals surface area contributed by atoms with Gasteiger partial charge in [-0.05, 0) is 30.0 Å². The van der Waals surface area contributed by atoms with E-state index in [1.807, 2.05) is 18.2 Å². The Balaban J connectivity index is 1.62. The summed E-state index contributed by atoms with van der Waals surface area (Å²) < 4.78 is 16.1. The first kappa shape index (κ1) is 16.1. The molecule has 1 heterocycles. The Bertz CT molecular complexity index is 436. The molecule has 1 aliphatic rings. The Morgan fingerprint density at radius 3 is 2.86 bits per heavy atom. The van der Waals surface area contributed by atoms with Crippen LogP contribution >= 0.6 is 0 Å².